The van der Waals surface area contributed by atoms with E-state index in [9.17, 15) is 0 Å². The van der Waals surface area contributed by atoms with Gasteiger partial charge >= 0.3 is 0 Å². The van der Waals surface area contributed by atoms with Crippen LogP contribution in [0.25, 0.3) is 0 Å². The van der Waals surface area contributed by atoms with E-state index in [0.29, 0.717) is 0 Å². The van der Waals surface area contributed by atoms with Crippen LogP contribution in [0.3, 0.4) is 0 Å². The number of halogens is 2. The summed E-state index contributed by atoms with van der Waals surface area (Å²) >= 11 is 7.11. The molecule has 0 heterocycles. The summed E-state index contributed by atoms with van der Waals surface area (Å²) in [6.07, 6.45) is 0.854. The smallest absolute Gasteiger partial charge is 0.0511 e. The third-order valence-electron chi connectivity index (χ3n) is 3.55. The molecule has 2 aromatic carbocycles. The Morgan fingerprint density at radius 2 is 1.80 bits per heavy atom. The van der Waals surface area contributed by atoms with Crippen molar-refractivity contribution < 1.29 is 0 Å². The first-order valence-corrected chi connectivity index (χ1v) is 8.07. The molecule has 0 aliphatic heterocycles. The number of rotatable bonds is 4. The highest BCUT2D eigenvalue weighted by Crippen LogP contribution is 2.29. The van der Waals surface area contributed by atoms with Crippen LogP contribution in [0.2, 0.25) is 0 Å². The lowest BCUT2D eigenvalue weighted by Crippen LogP contribution is -2.29. The van der Waals surface area contributed by atoms with Gasteiger partial charge in [-0.15, -0.1) is 0 Å². The van der Waals surface area contributed by atoms with E-state index in [1.807, 2.05) is 12.1 Å². The zero-order valence-electron chi connectivity index (χ0n) is 11.6. The Bertz CT molecular complexity index is 611. The van der Waals surface area contributed by atoms with Gasteiger partial charge in [0.15, 0.2) is 0 Å². The second-order valence-electron chi connectivity index (χ2n) is 5.01. The molecule has 2 nitrogen and oxygen atoms in total. The average molecular weight is 398 g/mol. The first-order chi connectivity index (χ1) is 9.51. The molecule has 0 amide bonds. The molecule has 2 aromatic rings. The predicted octanol–water partition coefficient (Wildman–Crippen LogP) is 4.58. The van der Waals surface area contributed by atoms with Gasteiger partial charge in [-0.05, 0) is 60.7 Å². The van der Waals surface area contributed by atoms with Gasteiger partial charge in [0.25, 0.3) is 0 Å². The molecule has 20 heavy (non-hydrogen) atoms. The maximum Gasteiger partial charge on any atom is 0.0511 e. The van der Waals surface area contributed by atoms with Crippen molar-refractivity contribution in [2.75, 3.05) is 0 Å². The number of aryl methyl sites for hydroxylation is 2. The predicted molar refractivity (Wildman–Crippen MR) is 91.5 cm³/mol. The Morgan fingerprint density at radius 1 is 1.05 bits per heavy atom. The maximum atomic E-state index is 5.75. The number of benzene rings is 2. The summed E-state index contributed by atoms with van der Waals surface area (Å²) in [5.74, 6) is 5.75. The van der Waals surface area contributed by atoms with E-state index in [2.05, 4.69) is 75.4 Å². The van der Waals surface area contributed by atoms with E-state index >= 15 is 0 Å². The molecule has 4 heteroatoms. The fourth-order valence-corrected chi connectivity index (χ4v) is 3.11. The molecule has 0 aliphatic rings. The van der Waals surface area contributed by atoms with Crippen LogP contribution in [-0.2, 0) is 6.42 Å². The molecule has 106 valence electrons. The van der Waals surface area contributed by atoms with E-state index in [0.717, 1.165) is 20.9 Å². The van der Waals surface area contributed by atoms with E-state index in [-0.39, 0.29) is 6.04 Å². The molecule has 0 aromatic heterocycles. The van der Waals surface area contributed by atoms with Gasteiger partial charge in [0, 0.05) is 8.95 Å². The zero-order chi connectivity index (χ0) is 14.7. The van der Waals surface area contributed by atoms with Crippen LogP contribution in [0.4, 0.5) is 0 Å². The first kappa shape index (κ1) is 15.7. The van der Waals surface area contributed by atoms with Crippen molar-refractivity contribution in [2.24, 2.45) is 5.84 Å². The number of hydrogen-bond donors (Lipinski definition) is 2. The van der Waals surface area contributed by atoms with Crippen molar-refractivity contribution in [2.45, 2.75) is 26.3 Å². The highest BCUT2D eigenvalue weighted by molar-refractivity contribution is 9.11. The van der Waals surface area contributed by atoms with Gasteiger partial charge in [0.2, 0.25) is 0 Å². The van der Waals surface area contributed by atoms with Crippen LogP contribution in [0.15, 0.2) is 45.3 Å². The summed E-state index contributed by atoms with van der Waals surface area (Å²) in [6, 6.07) is 12.8. The van der Waals surface area contributed by atoms with Crippen molar-refractivity contribution in [3.63, 3.8) is 0 Å². The molecular weight excluding hydrogens is 380 g/mol. The summed E-state index contributed by atoms with van der Waals surface area (Å²) < 4.78 is 2.11. The highest BCUT2D eigenvalue weighted by Gasteiger charge is 2.14. The third-order valence-corrected chi connectivity index (χ3v) is 4.76. The second-order valence-corrected chi connectivity index (χ2v) is 6.78. The fourth-order valence-electron chi connectivity index (χ4n) is 2.21. The van der Waals surface area contributed by atoms with E-state index in [1.165, 1.54) is 16.7 Å². The van der Waals surface area contributed by atoms with Gasteiger partial charge in [-0.3, -0.25) is 11.3 Å². The van der Waals surface area contributed by atoms with Gasteiger partial charge in [-0.2, -0.15) is 0 Å². The molecule has 0 saturated carbocycles. The van der Waals surface area contributed by atoms with Gasteiger partial charge in [-0.1, -0.05) is 50.1 Å². The van der Waals surface area contributed by atoms with Crippen LogP contribution < -0.4 is 11.3 Å². The molecule has 0 spiro atoms. The highest BCUT2D eigenvalue weighted by atomic mass is 79.9. The lowest BCUT2D eigenvalue weighted by Gasteiger charge is -2.19. The summed E-state index contributed by atoms with van der Waals surface area (Å²) in [6.45, 7) is 4.27. The zero-order valence-corrected chi connectivity index (χ0v) is 14.8. The second kappa shape index (κ2) is 6.85. The lowest BCUT2D eigenvalue weighted by atomic mass is 9.97. The van der Waals surface area contributed by atoms with Crippen LogP contribution in [0.5, 0.6) is 0 Å². The fraction of sp³-hybridized carbons (Fsp3) is 0.250. The molecule has 0 bridgehead atoms. The first-order valence-electron chi connectivity index (χ1n) is 6.48. The van der Waals surface area contributed by atoms with Crippen LogP contribution in [0, 0.1) is 13.8 Å². The summed E-state index contributed by atoms with van der Waals surface area (Å²) in [5.41, 5.74) is 7.98. The van der Waals surface area contributed by atoms with Gasteiger partial charge in [-0.25, -0.2) is 0 Å². The van der Waals surface area contributed by atoms with Crippen LogP contribution in [0.1, 0.15) is 28.3 Å². The summed E-state index contributed by atoms with van der Waals surface area (Å²) in [4.78, 5) is 0. The molecule has 1 atom stereocenters. The number of nitrogens with two attached hydrogens (primary N) is 1. The summed E-state index contributed by atoms with van der Waals surface area (Å²) in [7, 11) is 0. The van der Waals surface area contributed by atoms with E-state index in [4.69, 9.17) is 5.84 Å². The third kappa shape index (κ3) is 3.70. The minimum absolute atomic E-state index is 0.0731. The largest absolute Gasteiger partial charge is 0.271 e. The Labute approximate surface area is 137 Å². The topological polar surface area (TPSA) is 38.0 Å². The minimum atomic E-state index is 0.0731. The lowest BCUT2D eigenvalue weighted by molar-refractivity contribution is 0.549. The standard InChI is InChI=1S/C16H18Br2N2/c1-10-3-4-12(7-11(10)2)8-16(20-19)14-9-13(17)5-6-15(14)18/h3-7,9,16,20H,8,19H2,1-2H3. The average Bonchev–Trinajstić information content (AvgIpc) is 2.43. The SMILES string of the molecule is Cc1ccc(CC(NN)c2cc(Br)ccc2Br)cc1C. The number of nitrogens with one attached hydrogen (secondary N) is 1. The minimum Gasteiger partial charge on any atom is -0.271 e. The van der Waals surface area contributed by atoms with Crippen molar-refractivity contribution in [1.29, 1.82) is 0 Å². The quantitative estimate of drug-likeness (QED) is 0.585. The van der Waals surface area contributed by atoms with Gasteiger partial charge < -0.3 is 0 Å². The molecule has 2 rings (SSSR count). The molecular formula is C16H18Br2N2. The van der Waals surface area contributed by atoms with Crippen molar-refractivity contribution in [1.82, 2.24) is 5.43 Å². The molecule has 0 saturated heterocycles. The number of hydrogen-bond acceptors (Lipinski definition) is 2. The maximum absolute atomic E-state index is 5.75. The normalized spacial score (nSPS) is 12.4. The summed E-state index contributed by atoms with van der Waals surface area (Å²) in [5, 5.41) is 0. The Morgan fingerprint density at radius 3 is 2.45 bits per heavy atom. The number of hydrazine groups is 1. The van der Waals surface area contributed by atoms with Gasteiger partial charge in [0.05, 0.1) is 6.04 Å². The molecule has 0 radical (unpaired) electrons. The van der Waals surface area contributed by atoms with E-state index in [1.54, 1.807) is 0 Å². The Balaban J connectivity index is 2.28. The Kier molecular flexibility index (Phi) is 5.38. The Hall–Kier alpha value is -0.680. The van der Waals surface area contributed by atoms with E-state index < -0.39 is 0 Å². The molecule has 0 aliphatic carbocycles. The van der Waals surface area contributed by atoms with Crippen molar-refractivity contribution in [3.05, 3.63) is 67.6 Å². The van der Waals surface area contributed by atoms with Crippen molar-refractivity contribution in [3.8, 4) is 0 Å². The monoisotopic (exact) mass is 396 g/mol. The van der Waals surface area contributed by atoms with Crippen LogP contribution in [-0.4, -0.2) is 0 Å². The van der Waals surface area contributed by atoms with Crippen molar-refractivity contribution >= 4 is 31.9 Å². The molecule has 3 N–H and O–H groups in total. The van der Waals surface area contributed by atoms with Gasteiger partial charge in [0.1, 0.15) is 0 Å². The van der Waals surface area contributed by atoms with Crippen LogP contribution >= 0.6 is 31.9 Å². The molecule has 1 unspecified atom stereocenters. The molecule has 0 fully saturated rings.